The summed E-state index contributed by atoms with van der Waals surface area (Å²) in [6.45, 7) is 5.13. The number of anilines is 1. The number of carbonyl (C=O) groups is 2. The van der Waals surface area contributed by atoms with Crippen LogP contribution in [0.3, 0.4) is 0 Å². The van der Waals surface area contributed by atoms with Gasteiger partial charge in [0, 0.05) is 13.1 Å². The first kappa shape index (κ1) is 18.4. The highest BCUT2D eigenvalue weighted by Crippen LogP contribution is 2.27. The number of piperidine rings is 1. The minimum atomic E-state index is -0.709. The number of aromatic nitrogens is 1. The molecule has 0 aliphatic carbocycles. The van der Waals surface area contributed by atoms with Gasteiger partial charge in [-0.05, 0) is 50.3 Å². The highest BCUT2D eigenvalue weighted by molar-refractivity contribution is 7.17. The lowest BCUT2D eigenvalue weighted by atomic mass is 10.0. The van der Waals surface area contributed by atoms with Crippen molar-refractivity contribution in [2.75, 3.05) is 24.6 Å². The van der Waals surface area contributed by atoms with Crippen molar-refractivity contribution in [3.8, 4) is 5.75 Å². The van der Waals surface area contributed by atoms with E-state index in [-0.39, 0.29) is 23.7 Å². The monoisotopic (exact) mass is 374 g/mol. The predicted octanol–water partition coefficient (Wildman–Crippen LogP) is 3.50. The maximum atomic E-state index is 12.3. The number of ether oxygens (including phenoxy) is 1. The average Bonchev–Trinajstić information content (AvgIpc) is 3.15. The molecule has 1 aromatic carbocycles. The van der Waals surface area contributed by atoms with Crippen LogP contribution in [0.4, 0.5) is 5.13 Å². The van der Waals surface area contributed by atoms with Gasteiger partial charge in [-0.3, -0.25) is 4.79 Å². The summed E-state index contributed by atoms with van der Waals surface area (Å²) in [5.74, 6) is -1.10. The van der Waals surface area contributed by atoms with Crippen LogP contribution in [0.15, 0.2) is 18.3 Å². The number of benzene rings is 1. The summed E-state index contributed by atoms with van der Waals surface area (Å²) in [5.41, 5.74) is 1.57. The maximum absolute atomic E-state index is 12.3. The molecule has 3 rings (SSSR count). The van der Waals surface area contributed by atoms with Crippen molar-refractivity contribution in [3.05, 3.63) is 39.9 Å². The molecule has 138 valence electrons. The lowest BCUT2D eigenvalue weighted by Gasteiger charge is -2.25. The van der Waals surface area contributed by atoms with Crippen LogP contribution >= 0.6 is 11.3 Å². The molecular formula is C19H22N2O4S. The summed E-state index contributed by atoms with van der Waals surface area (Å²) in [6, 6.07) is 3.24. The van der Waals surface area contributed by atoms with E-state index in [9.17, 15) is 14.7 Å². The first-order chi connectivity index (χ1) is 12.5. The number of hydrogen-bond donors (Lipinski definition) is 1. The van der Waals surface area contributed by atoms with E-state index >= 15 is 0 Å². The quantitative estimate of drug-likeness (QED) is 0.637. The molecule has 1 aromatic heterocycles. The van der Waals surface area contributed by atoms with E-state index < -0.39 is 5.97 Å². The number of aryl methyl sites for hydroxylation is 1. The first-order valence-electron chi connectivity index (χ1n) is 8.67. The molecule has 1 N–H and O–H groups in total. The zero-order valence-electron chi connectivity index (χ0n) is 14.9. The van der Waals surface area contributed by atoms with Crippen LogP contribution < -0.4 is 4.90 Å². The Morgan fingerprint density at radius 3 is 2.69 bits per heavy atom. The number of Topliss-reactive ketones (excluding diaryl/α,β-unsaturated/α-hetero) is 1. The Morgan fingerprint density at radius 1 is 1.23 bits per heavy atom. The minimum absolute atomic E-state index is 0.0687. The molecule has 0 unspecified atom stereocenters. The number of aromatic hydroxyl groups is 1. The van der Waals surface area contributed by atoms with E-state index in [1.807, 2.05) is 6.92 Å². The van der Waals surface area contributed by atoms with Crippen molar-refractivity contribution >= 4 is 28.2 Å². The highest BCUT2D eigenvalue weighted by atomic mass is 32.1. The van der Waals surface area contributed by atoms with Gasteiger partial charge in [-0.15, -0.1) is 0 Å². The number of phenols is 1. The fourth-order valence-corrected chi connectivity index (χ4v) is 3.76. The number of carbonyl (C=O) groups excluding carboxylic acids is 2. The van der Waals surface area contributed by atoms with Crippen LogP contribution in [0.1, 0.15) is 50.4 Å². The zero-order chi connectivity index (χ0) is 18.7. The molecule has 0 bridgehead atoms. The van der Waals surface area contributed by atoms with E-state index in [4.69, 9.17) is 4.74 Å². The van der Waals surface area contributed by atoms with Crippen molar-refractivity contribution in [3.63, 3.8) is 0 Å². The molecule has 0 amide bonds. The largest absolute Gasteiger partial charge is 0.507 e. The summed E-state index contributed by atoms with van der Waals surface area (Å²) < 4.78 is 5.09. The second kappa shape index (κ2) is 7.86. The van der Waals surface area contributed by atoms with Crippen molar-refractivity contribution in [2.24, 2.45) is 0 Å². The molecule has 0 atom stereocenters. The molecule has 2 heterocycles. The van der Waals surface area contributed by atoms with Gasteiger partial charge in [0.1, 0.15) is 11.3 Å². The van der Waals surface area contributed by atoms with Crippen LogP contribution in [0.5, 0.6) is 5.75 Å². The standard InChI is InChI=1S/C19H22N2O4S/c1-12-6-7-14(17(23)13(12)2)18(24)25-11-15(22)16-10-20-19(26-16)21-8-4-3-5-9-21/h6-7,10,23H,3-5,8-9,11H2,1-2H3. The average molecular weight is 374 g/mol. The van der Waals surface area contributed by atoms with E-state index in [0.717, 1.165) is 36.6 Å². The highest BCUT2D eigenvalue weighted by Gasteiger charge is 2.20. The number of ketones is 1. The first-order valence-corrected chi connectivity index (χ1v) is 9.49. The normalized spacial score (nSPS) is 14.3. The fraction of sp³-hybridized carbons (Fsp3) is 0.421. The second-order valence-electron chi connectivity index (χ2n) is 6.46. The molecule has 0 spiro atoms. The van der Waals surface area contributed by atoms with Gasteiger partial charge in [0.05, 0.1) is 11.1 Å². The number of rotatable bonds is 5. The third-order valence-electron chi connectivity index (χ3n) is 4.65. The second-order valence-corrected chi connectivity index (χ2v) is 7.47. The summed E-state index contributed by atoms with van der Waals surface area (Å²) in [4.78, 5) is 31.4. The fourth-order valence-electron chi connectivity index (χ4n) is 2.87. The van der Waals surface area contributed by atoms with Gasteiger partial charge in [0.2, 0.25) is 5.78 Å². The third kappa shape index (κ3) is 3.88. The van der Waals surface area contributed by atoms with Crippen LogP contribution in [0, 0.1) is 13.8 Å². The van der Waals surface area contributed by atoms with E-state index in [2.05, 4.69) is 9.88 Å². The molecule has 1 aliphatic rings. The van der Waals surface area contributed by atoms with Crippen molar-refractivity contribution in [1.29, 1.82) is 0 Å². The summed E-state index contributed by atoms with van der Waals surface area (Å²) in [6.07, 6.45) is 5.05. The molecular weight excluding hydrogens is 352 g/mol. The topological polar surface area (TPSA) is 79.7 Å². The molecule has 2 aromatic rings. The molecule has 0 saturated carbocycles. The van der Waals surface area contributed by atoms with Crippen molar-refractivity contribution in [2.45, 2.75) is 33.1 Å². The summed E-state index contributed by atoms with van der Waals surface area (Å²) >= 11 is 1.33. The Hall–Kier alpha value is -2.41. The number of thiazole rings is 1. The SMILES string of the molecule is Cc1ccc(C(=O)OCC(=O)c2cnc(N3CCCCC3)s2)c(O)c1C. The van der Waals surface area contributed by atoms with Crippen LogP contribution in [-0.4, -0.2) is 41.5 Å². The van der Waals surface area contributed by atoms with E-state index in [1.54, 1.807) is 13.0 Å². The number of nitrogens with zero attached hydrogens (tertiary/aromatic N) is 2. The van der Waals surface area contributed by atoms with Gasteiger partial charge in [-0.1, -0.05) is 17.4 Å². The minimum Gasteiger partial charge on any atom is -0.507 e. The maximum Gasteiger partial charge on any atom is 0.342 e. The molecule has 1 aliphatic heterocycles. The van der Waals surface area contributed by atoms with Crippen LogP contribution in [-0.2, 0) is 4.74 Å². The molecule has 26 heavy (non-hydrogen) atoms. The third-order valence-corrected chi connectivity index (χ3v) is 5.75. The number of esters is 1. The van der Waals surface area contributed by atoms with Gasteiger partial charge in [0.15, 0.2) is 11.7 Å². The van der Waals surface area contributed by atoms with Gasteiger partial charge in [-0.2, -0.15) is 0 Å². The van der Waals surface area contributed by atoms with E-state index in [1.165, 1.54) is 30.0 Å². The summed E-state index contributed by atoms with van der Waals surface area (Å²) in [5, 5.41) is 10.9. The van der Waals surface area contributed by atoms with Crippen molar-refractivity contribution in [1.82, 2.24) is 4.98 Å². The molecule has 7 heteroatoms. The Labute approximate surface area is 156 Å². The van der Waals surface area contributed by atoms with Gasteiger partial charge in [-0.25, -0.2) is 9.78 Å². The van der Waals surface area contributed by atoms with Crippen molar-refractivity contribution < 1.29 is 19.4 Å². The smallest absolute Gasteiger partial charge is 0.342 e. The molecule has 1 fully saturated rings. The van der Waals surface area contributed by atoms with Crippen LogP contribution in [0.25, 0.3) is 0 Å². The summed E-state index contributed by atoms with van der Waals surface area (Å²) in [7, 11) is 0. The zero-order valence-corrected chi connectivity index (χ0v) is 15.8. The molecule has 6 nitrogen and oxygen atoms in total. The van der Waals surface area contributed by atoms with Gasteiger partial charge in [0.25, 0.3) is 0 Å². The predicted molar refractivity (Wildman–Crippen MR) is 100 cm³/mol. The Bertz CT molecular complexity index is 825. The lowest BCUT2D eigenvalue weighted by Crippen LogP contribution is -2.29. The van der Waals surface area contributed by atoms with Gasteiger partial charge >= 0.3 is 5.97 Å². The van der Waals surface area contributed by atoms with Gasteiger partial charge < -0.3 is 14.7 Å². The Balaban J connectivity index is 1.61. The molecule has 0 radical (unpaired) electrons. The lowest BCUT2D eigenvalue weighted by molar-refractivity contribution is 0.0472. The Morgan fingerprint density at radius 2 is 1.96 bits per heavy atom. The number of phenolic OH excluding ortho intramolecular Hbond substituents is 1. The van der Waals surface area contributed by atoms with E-state index in [0.29, 0.717) is 10.4 Å². The molecule has 1 saturated heterocycles. The van der Waals surface area contributed by atoms with Crippen LogP contribution in [0.2, 0.25) is 0 Å². The Kier molecular flexibility index (Phi) is 5.56. The number of hydrogen-bond acceptors (Lipinski definition) is 7.